The molecule has 0 aliphatic carbocycles. The fourth-order valence-electron chi connectivity index (χ4n) is 3.96. The maximum Gasteiger partial charge on any atom is 0.217 e. The van der Waals surface area contributed by atoms with Crippen molar-refractivity contribution in [3.05, 3.63) is 88.1 Å². The van der Waals surface area contributed by atoms with Gasteiger partial charge >= 0.3 is 0 Å². The monoisotopic (exact) mass is 483 g/mol. The number of unbranched alkanes of at least 4 members (excludes halogenated alkanes) is 1. The van der Waals surface area contributed by atoms with Crippen molar-refractivity contribution < 1.29 is 4.79 Å². The van der Waals surface area contributed by atoms with Crippen LogP contribution in [0, 0.1) is 0 Å². The van der Waals surface area contributed by atoms with Crippen molar-refractivity contribution in [3.63, 3.8) is 0 Å². The topological polar surface area (TPSA) is 102 Å². The van der Waals surface area contributed by atoms with E-state index in [0.29, 0.717) is 24.6 Å². The number of aromatic nitrogens is 7. The minimum Gasteiger partial charge on any atom is -0.290 e. The second kappa shape index (κ2) is 10.5. The summed E-state index contributed by atoms with van der Waals surface area (Å²) in [5.74, 6) is 1.67. The molecule has 1 N–H and O–H groups in total. The van der Waals surface area contributed by atoms with Crippen LogP contribution in [-0.2, 0) is 19.4 Å². The van der Waals surface area contributed by atoms with E-state index in [1.54, 1.807) is 11.3 Å². The summed E-state index contributed by atoms with van der Waals surface area (Å²) in [6.07, 6.45) is 3.19. The van der Waals surface area contributed by atoms with Crippen LogP contribution in [0.2, 0.25) is 0 Å². The number of Topliss-reactive ketones (excluding diaryl/α,β-unsaturated/α-hetero) is 1. The molecule has 0 unspecified atom stereocenters. The summed E-state index contributed by atoms with van der Waals surface area (Å²) in [5.41, 5.74) is 4.10. The number of thiophene rings is 1. The summed E-state index contributed by atoms with van der Waals surface area (Å²) in [6.45, 7) is 2.71. The van der Waals surface area contributed by atoms with Crippen LogP contribution in [0.3, 0.4) is 0 Å². The van der Waals surface area contributed by atoms with E-state index in [0.717, 1.165) is 52.2 Å². The molecule has 0 bridgehead atoms. The molecule has 0 amide bonds. The van der Waals surface area contributed by atoms with E-state index in [4.69, 9.17) is 0 Å². The van der Waals surface area contributed by atoms with Gasteiger partial charge in [-0.25, -0.2) is 9.67 Å². The van der Waals surface area contributed by atoms with Gasteiger partial charge in [-0.2, -0.15) is 5.21 Å². The molecule has 0 aliphatic rings. The number of hydrogen-bond acceptors (Lipinski definition) is 7. The lowest BCUT2D eigenvalue weighted by Crippen LogP contribution is -2.08. The highest BCUT2D eigenvalue weighted by atomic mass is 32.1. The standard InChI is InChI=1S/C26H25N7OS/c1-2-3-10-24-27-26(23(34)16-20-7-6-15-35-20)30-33(24)17-18-11-13-19(14-12-18)21-8-4-5-9-22(21)25-28-31-32-29-25/h4-9,11-15H,2-3,10,16-17H2,1H3,(H,28,29,31,32). The molecule has 0 fully saturated rings. The fourth-order valence-corrected chi connectivity index (χ4v) is 4.66. The van der Waals surface area contributed by atoms with Crippen molar-refractivity contribution in [2.45, 2.75) is 39.2 Å². The molecule has 8 nitrogen and oxygen atoms in total. The second-order valence-corrected chi connectivity index (χ2v) is 9.30. The molecule has 35 heavy (non-hydrogen) atoms. The zero-order chi connectivity index (χ0) is 24.0. The summed E-state index contributed by atoms with van der Waals surface area (Å²) in [7, 11) is 0. The molecule has 9 heteroatoms. The largest absolute Gasteiger partial charge is 0.290 e. The van der Waals surface area contributed by atoms with Crippen molar-refractivity contribution in [3.8, 4) is 22.5 Å². The summed E-state index contributed by atoms with van der Waals surface area (Å²) in [5, 5.41) is 21.0. The van der Waals surface area contributed by atoms with E-state index < -0.39 is 0 Å². The van der Waals surface area contributed by atoms with Crippen LogP contribution in [0.5, 0.6) is 0 Å². The number of carbonyl (C=O) groups is 1. The molecule has 0 saturated carbocycles. The molecule has 0 saturated heterocycles. The minimum absolute atomic E-state index is 0.0441. The number of nitrogens with zero attached hydrogens (tertiary/aromatic N) is 6. The summed E-state index contributed by atoms with van der Waals surface area (Å²) in [4.78, 5) is 18.4. The normalized spacial score (nSPS) is 11.1. The molecule has 0 aliphatic heterocycles. The Morgan fingerprint density at radius 1 is 1.03 bits per heavy atom. The molecule has 0 radical (unpaired) electrons. The number of ketones is 1. The van der Waals surface area contributed by atoms with Crippen LogP contribution in [0.1, 0.15) is 46.6 Å². The van der Waals surface area contributed by atoms with Gasteiger partial charge in [-0.05, 0) is 39.8 Å². The molecule has 0 spiro atoms. The first kappa shape index (κ1) is 22.8. The Morgan fingerprint density at radius 2 is 1.86 bits per heavy atom. The molecular weight excluding hydrogens is 458 g/mol. The first-order valence-corrected chi connectivity index (χ1v) is 12.5. The van der Waals surface area contributed by atoms with E-state index in [9.17, 15) is 4.79 Å². The summed E-state index contributed by atoms with van der Waals surface area (Å²) >= 11 is 1.58. The lowest BCUT2D eigenvalue weighted by Gasteiger charge is -2.09. The first-order chi connectivity index (χ1) is 17.2. The summed E-state index contributed by atoms with van der Waals surface area (Å²) in [6, 6.07) is 20.2. The Kier molecular flexibility index (Phi) is 6.85. The molecule has 3 heterocycles. The molecular formula is C26H25N7OS. The number of H-pyrrole nitrogens is 1. The zero-order valence-electron chi connectivity index (χ0n) is 19.4. The van der Waals surface area contributed by atoms with Crippen LogP contribution < -0.4 is 0 Å². The van der Waals surface area contributed by atoms with Crippen molar-refractivity contribution in [2.24, 2.45) is 0 Å². The maximum atomic E-state index is 12.8. The molecule has 5 aromatic rings. The Morgan fingerprint density at radius 3 is 2.57 bits per heavy atom. The fraction of sp³-hybridized carbons (Fsp3) is 0.231. The van der Waals surface area contributed by atoms with Crippen LogP contribution in [0.15, 0.2) is 66.0 Å². The average molecular weight is 484 g/mol. The third-order valence-corrected chi connectivity index (χ3v) is 6.65. The Hall–Kier alpha value is -3.98. The Bertz CT molecular complexity index is 1390. The number of aromatic amines is 1. The molecule has 176 valence electrons. The maximum absolute atomic E-state index is 12.8. The molecule has 2 aromatic carbocycles. The van der Waals surface area contributed by atoms with E-state index >= 15 is 0 Å². The van der Waals surface area contributed by atoms with Crippen molar-refractivity contribution in [2.75, 3.05) is 0 Å². The highest BCUT2D eigenvalue weighted by Crippen LogP contribution is 2.29. The number of nitrogens with one attached hydrogen (secondary N) is 1. The van der Waals surface area contributed by atoms with Crippen LogP contribution in [0.4, 0.5) is 0 Å². The van der Waals surface area contributed by atoms with Gasteiger partial charge in [-0.1, -0.05) is 67.9 Å². The van der Waals surface area contributed by atoms with Gasteiger partial charge in [0.15, 0.2) is 0 Å². The van der Waals surface area contributed by atoms with E-state index in [1.807, 2.05) is 46.5 Å². The number of rotatable bonds is 10. The third-order valence-electron chi connectivity index (χ3n) is 5.78. The van der Waals surface area contributed by atoms with Gasteiger partial charge in [0.25, 0.3) is 0 Å². The van der Waals surface area contributed by atoms with Gasteiger partial charge in [0.1, 0.15) is 5.82 Å². The number of aryl methyl sites for hydroxylation is 1. The predicted molar refractivity (Wildman–Crippen MR) is 135 cm³/mol. The number of benzene rings is 2. The van der Waals surface area contributed by atoms with Crippen molar-refractivity contribution in [1.82, 2.24) is 35.4 Å². The van der Waals surface area contributed by atoms with Gasteiger partial charge < -0.3 is 0 Å². The lowest BCUT2D eigenvalue weighted by atomic mass is 9.98. The number of hydrogen-bond donors (Lipinski definition) is 1. The van der Waals surface area contributed by atoms with Crippen molar-refractivity contribution in [1.29, 1.82) is 0 Å². The Labute approximate surface area is 207 Å². The number of carbonyl (C=O) groups excluding carboxylic acids is 1. The lowest BCUT2D eigenvalue weighted by molar-refractivity contribution is 0.0983. The van der Waals surface area contributed by atoms with E-state index in [1.165, 1.54) is 0 Å². The van der Waals surface area contributed by atoms with Gasteiger partial charge in [0.05, 0.1) is 6.54 Å². The number of tetrazole rings is 1. The third kappa shape index (κ3) is 5.25. The summed E-state index contributed by atoms with van der Waals surface area (Å²) < 4.78 is 1.87. The van der Waals surface area contributed by atoms with Gasteiger partial charge in [-0.15, -0.1) is 26.6 Å². The second-order valence-electron chi connectivity index (χ2n) is 8.27. The van der Waals surface area contributed by atoms with Crippen LogP contribution in [0.25, 0.3) is 22.5 Å². The minimum atomic E-state index is -0.0441. The van der Waals surface area contributed by atoms with Crippen LogP contribution in [-0.4, -0.2) is 41.2 Å². The molecule has 0 atom stereocenters. The smallest absolute Gasteiger partial charge is 0.217 e. The van der Waals surface area contributed by atoms with Gasteiger partial charge in [-0.3, -0.25) is 4.79 Å². The van der Waals surface area contributed by atoms with Crippen LogP contribution >= 0.6 is 11.3 Å². The average Bonchev–Trinajstić information content (AvgIpc) is 3.66. The highest BCUT2D eigenvalue weighted by Gasteiger charge is 2.18. The predicted octanol–water partition coefficient (Wildman–Crippen LogP) is 5.00. The molecule has 3 aromatic heterocycles. The highest BCUT2D eigenvalue weighted by molar-refractivity contribution is 7.10. The van der Waals surface area contributed by atoms with Gasteiger partial charge in [0.2, 0.25) is 17.4 Å². The quantitative estimate of drug-likeness (QED) is 0.280. The Balaban J connectivity index is 1.37. The molecule has 5 rings (SSSR count). The van der Waals surface area contributed by atoms with Crippen molar-refractivity contribution >= 4 is 17.1 Å². The SMILES string of the molecule is CCCCc1nc(C(=O)Cc2cccs2)nn1Cc1ccc(-c2ccccc2-c2nn[nH]n2)cc1. The van der Waals surface area contributed by atoms with Gasteiger partial charge in [0, 0.05) is 23.3 Å². The zero-order valence-corrected chi connectivity index (χ0v) is 20.2. The van der Waals surface area contributed by atoms with E-state index in [-0.39, 0.29) is 5.78 Å². The first-order valence-electron chi connectivity index (χ1n) is 11.6. The van der Waals surface area contributed by atoms with E-state index in [2.05, 4.69) is 61.9 Å².